The van der Waals surface area contributed by atoms with Gasteiger partial charge in [-0.1, -0.05) is 0 Å². The Morgan fingerprint density at radius 3 is 2.56 bits per heavy atom. The summed E-state index contributed by atoms with van der Waals surface area (Å²) in [6, 6.07) is 0. The number of carboxylic acid groups (broad SMARTS) is 1. The molecule has 4 heteroatoms. The van der Waals surface area contributed by atoms with Gasteiger partial charge in [0.1, 0.15) is 0 Å². The second kappa shape index (κ2) is 4.82. The van der Waals surface area contributed by atoms with Crippen LogP contribution in [-0.4, -0.2) is 18.7 Å². The summed E-state index contributed by atoms with van der Waals surface area (Å²) in [7, 11) is 0. The number of ether oxygens (including phenoxy) is 1. The van der Waals surface area contributed by atoms with Crippen LogP contribution >= 0.6 is 0 Å². The van der Waals surface area contributed by atoms with Crippen molar-refractivity contribution in [2.45, 2.75) is 18.9 Å². The normalized spacial score (nSPS) is 25.1. The molecule has 0 bridgehead atoms. The van der Waals surface area contributed by atoms with Crippen molar-refractivity contribution < 1.29 is 66.0 Å². The molecule has 1 unspecified atom stereocenters. The zero-order valence-electron chi connectivity index (χ0n) is 5.42. The van der Waals surface area contributed by atoms with E-state index in [0.717, 1.165) is 6.42 Å². The van der Waals surface area contributed by atoms with E-state index in [1.165, 1.54) is 0 Å². The fourth-order valence-electron chi connectivity index (χ4n) is 0.764. The van der Waals surface area contributed by atoms with Gasteiger partial charge in [-0.3, -0.25) is 0 Å². The van der Waals surface area contributed by atoms with Gasteiger partial charge >= 0.3 is 51.4 Å². The topological polar surface area (TPSA) is 49.4 Å². The van der Waals surface area contributed by atoms with E-state index in [1.807, 2.05) is 0 Å². The van der Waals surface area contributed by atoms with Gasteiger partial charge in [-0.15, -0.1) is 0 Å². The third kappa shape index (κ3) is 3.11. The summed E-state index contributed by atoms with van der Waals surface area (Å²) in [5, 5.41) is 9.97. The van der Waals surface area contributed by atoms with Crippen molar-refractivity contribution in [1.29, 1.82) is 0 Å². The zero-order valence-corrected chi connectivity index (χ0v) is 8.55. The second-order valence-electron chi connectivity index (χ2n) is 1.82. The van der Waals surface area contributed by atoms with Gasteiger partial charge in [0.25, 0.3) is 0 Å². The van der Waals surface area contributed by atoms with Gasteiger partial charge in [0.15, 0.2) is 0 Å². The van der Waals surface area contributed by atoms with E-state index in [9.17, 15) is 9.90 Å². The van der Waals surface area contributed by atoms with Crippen molar-refractivity contribution in [3.8, 4) is 0 Å². The predicted molar refractivity (Wildman–Crippen MR) is 24.0 cm³/mol. The molecule has 0 amide bonds. The minimum absolute atomic E-state index is 0. The number of hydrogen-bond donors (Lipinski definition) is 0. The number of carbonyl (C=O) groups excluding carboxylic acids is 1. The first-order chi connectivity index (χ1) is 3.80. The SMILES string of the molecule is O=C([O-])C1CCCO1.[K+]. The Balaban J connectivity index is 0.000000640. The molecule has 0 aliphatic carbocycles. The van der Waals surface area contributed by atoms with Gasteiger partial charge in [0.2, 0.25) is 0 Å². The summed E-state index contributed by atoms with van der Waals surface area (Å²) in [5.41, 5.74) is 0. The van der Waals surface area contributed by atoms with Gasteiger partial charge in [0.05, 0.1) is 12.1 Å². The number of hydrogen-bond acceptors (Lipinski definition) is 3. The molecule has 0 aromatic carbocycles. The van der Waals surface area contributed by atoms with Crippen LogP contribution in [0.4, 0.5) is 0 Å². The van der Waals surface area contributed by atoms with Crippen LogP contribution in [0.1, 0.15) is 12.8 Å². The Morgan fingerprint density at radius 2 is 2.33 bits per heavy atom. The monoisotopic (exact) mass is 154 g/mol. The molecule has 46 valence electrons. The molecule has 0 radical (unpaired) electrons. The molecule has 1 atom stereocenters. The van der Waals surface area contributed by atoms with E-state index in [0.29, 0.717) is 13.0 Å². The first-order valence-corrected chi connectivity index (χ1v) is 2.63. The Kier molecular flexibility index (Phi) is 5.39. The van der Waals surface area contributed by atoms with E-state index in [-0.39, 0.29) is 51.4 Å². The van der Waals surface area contributed by atoms with Gasteiger partial charge in [-0.25, -0.2) is 0 Å². The van der Waals surface area contributed by atoms with Crippen molar-refractivity contribution in [1.82, 2.24) is 0 Å². The van der Waals surface area contributed by atoms with Crippen molar-refractivity contribution in [3.63, 3.8) is 0 Å². The van der Waals surface area contributed by atoms with Crippen LogP contribution in [0.2, 0.25) is 0 Å². The van der Waals surface area contributed by atoms with Crippen molar-refractivity contribution in [2.75, 3.05) is 6.61 Å². The van der Waals surface area contributed by atoms with E-state index >= 15 is 0 Å². The van der Waals surface area contributed by atoms with Crippen LogP contribution in [0, 0.1) is 0 Å². The Hall–Kier alpha value is 1.07. The van der Waals surface area contributed by atoms with Crippen LogP contribution < -0.4 is 56.5 Å². The summed E-state index contributed by atoms with van der Waals surface area (Å²) < 4.78 is 4.75. The van der Waals surface area contributed by atoms with Crippen LogP contribution in [0.3, 0.4) is 0 Å². The third-order valence-corrected chi connectivity index (χ3v) is 1.19. The maximum Gasteiger partial charge on any atom is 1.00 e. The summed E-state index contributed by atoms with van der Waals surface area (Å²) in [4.78, 5) is 9.97. The van der Waals surface area contributed by atoms with Crippen molar-refractivity contribution in [2.24, 2.45) is 0 Å². The molecule has 3 nitrogen and oxygen atoms in total. The molecule has 1 aliphatic heterocycles. The summed E-state index contributed by atoms with van der Waals surface area (Å²) in [5.74, 6) is -1.08. The number of rotatable bonds is 1. The Bertz CT molecular complexity index is 98.4. The Labute approximate surface area is 96.2 Å². The summed E-state index contributed by atoms with van der Waals surface area (Å²) in [6.07, 6.45) is 0.830. The Morgan fingerprint density at radius 1 is 1.67 bits per heavy atom. The largest absolute Gasteiger partial charge is 1.00 e. The first kappa shape index (κ1) is 10.1. The molecule has 0 spiro atoms. The van der Waals surface area contributed by atoms with Gasteiger partial charge < -0.3 is 14.6 Å². The number of aliphatic carboxylic acids is 1. The van der Waals surface area contributed by atoms with Crippen molar-refractivity contribution >= 4 is 5.97 Å². The van der Waals surface area contributed by atoms with E-state index < -0.39 is 12.1 Å². The quantitative estimate of drug-likeness (QED) is 0.361. The minimum atomic E-state index is -1.08. The van der Waals surface area contributed by atoms with E-state index in [4.69, 9.17) is 4.74 Å². The van der Waals surface area contributed by atoms with Crippen LogP contribution in [0.15, 0.2) is 0 Å². The molecule has 1 aliphatic rings. The maximum absolute atomic E-state index is 9.97. The predicted octanol–water partition coefficient (Wildman–Crippen LogP) is -4.08. The van der Waals surface area contributed by atoms with Crippen LogP contribution in [-0.2, 0) is 9.53 Å². The summed E-state index contributed by atoms with van der Waals surface area (Å²) >= 11 is 0. The van der Waals surface area contributed by atoms with Gasteiger partial charge in [-0.2, -0.15) is 0 Å². The molecule has 1 saturated heterocycles. The minimum Gasteiger partial charge on any atom is -0.547 e. The molecule has 0 aromatic heterocycles. The zero-order chi connectivity index (χ0) is 5.98. The molecule has 1 rings (SSSR count). The van der Waals surface area contributed by atoms with Crippen molar-refractivity contribution in [3.05, 3.63) is 0 Å². The molecule has 0 saturated carbocycles. The molecular formula is C5H7KO3. The van der Waals surface area contributed by atoms with Crippen LogP contribution in [0.25, 0.3) is 0 Å². The smallest absolute Gasteiger partial charge is 0.547 e. The number of carbonyl (C=O) groups is 1. The molecule has 0 N–H and O–H groups in total. The third-order valence-electron chi connectivity index (χ3n) is 1.19. The standard InChI is InChI=1S/C5H8O3.K/c6-5(7)4-2-1-3-8-4;/h4H,1-3H2,(H,6,7);/q;+1/p-1. The maximum atomic E-state index is 9.97. The molecule has 0 aromatic rings. The van der Waals surface area contributed by atoms with E-state index in [1.54, 1.807) is 0 Å². The second-order valence-corrected chi connectivity index (χ2v) is 1.82. The summed E-state index contributed by atoms with van der Waals surface area (Å²) in [6.45, 7) is 0.568. The molecular weight excluding hydrogens is 147 g/mol. The molecule has 1 heterocycles. The average molecular weight is 154 g/mol. The van der Waals surface area contributed by atoms with Gasteiger partial charge in [-0.05, 0) is 12.8 Å². The first-order valence-electron chi connectivity index (χ1n) is 2.63. The fraction of sp³-hybridized carbons (Fsp3) is 0.800. The number of carboxylic acids is 1. The van der Waals surface area contributed by atoms with E-state index in [2.05, 4.69) is 0 Å². The van der Waals surface area contributed by atoms with Crippen LogP contribution in [0.5, 0.6) is 0 Å². The molecule has 9 heavy (non-hydrogen) atoms. The van der Waals surface area contributed by atoms with Gasteiger partial charge in [0, 0.05) is 6.61 Å². The average Bonchev–Trinajstić information content (AvgIpc) is 2.12. The fourth-order valence-corrected chi connectivity index (χ4v) is 0.764. The molecule has 1 fully saturated rings.